The maximum atomic E-state index is 14.4. The predicted molar refractivity (Wildman–Crippen MR) is 171 cm³/mol. The summed E-state index contributed by atoms with van der Waals surface area (Å²) in [6.07, 6.45) is -0.123. The smallest absolute Gasteiger partial charge is 0.334 e. The molecule has 238 valence electrons. The van der Waals surface area contributed by atoms with E-state index in [0.29, 0.717) is 22.6 Å². The monoisotopic (exact) mass is 624 g/mol. The van der Waals surface area contributed by atoms with Crippen molar-refractivity contribution < 1.29 is 28.5 Å². The average Bonchev–Trinajstić information content (AvgIpc) is 3.33. The summed E-state index contributed by atoms with van der Waals surface area (Å²) >= 11 is 0. The molecule has 0 aliphatic carbocycles. The molecule has 1 aliphatic rings. The van der Waals surface area contributed by atoms with Crippen molar-refractivity contribution in [1.29, 1.82) is 0 Å². The predicted octanol–water partition coefficient (Wildman–Crippen LogP) is 4.52. The summed E-state index contributed by atoms with van der Waals surface area (Å²) in [5, 5.41) is 10.2. The summed E-state index contributed by atoms with van der Waals surface area (Å²) < 4.78 is 32.5. The van der Waals surface area contributed by atoms with Crippen LogP contribution in [-0.2, 0) is 13.9 Å². The van der Waals surface area contributed by atoms with Crippen molar-refractivity contribution in [2.45, 2.75) is 69.5 Å². The van der Waals surface area contributed by atoms with E-state index in [1.807, 2.05) is 24.3 Å². The van der Waals surface area contributed by atoms with E-state index in [4.69, 9.17) is 23.4 Å². The first-order chi connectivity index (χ1) is 20.9. The van der Waals surface area contributed by atoms with Gasteiger partial charge < -0.3 is 28.5 Å². The second-order valence-corrected chi connectivity index (χ2v) is 17.1. The van der Waals surface area contributed by atoms with Crippen molar-refractivity contribution in [2.24, 2.45) is 0 Å². The zero-order valence-corrected chi connectivity index (χ0v) is 27.6. The van der Waals surface area contributed by atoms with Crippen molar-refractivity contribution in [3.63, 3.8) is 0 Å². The molecule has 4 rings (SSSR count). The van der Waals surface area contributed by atoms with Gasteiger partial charge in [-0.3, -0.25) is 9.36 Å². The van der Waals surface area contributed by atoms with Crippen molar-refractivity contribution in [3.05, 3.63) is 105 Å². The van der Waals surface area contributed by atoms with Gasteiger partial charge in [0, 0.05) is 12.3 Å². The van der Waals surface area contributed by atoms with Crippen LogP contribution in [0.3, 0.4) is 0 Å². The highest BCUT2D eigenvalue weighted by Crippen LogP contribution is 2.42. The Hall–Kier alpha value is -3.48. The molecule has 3 aromatic rings. The summed E-state index contributed by atoms with van der Waals surface area (Å²) in [7, 11) is 0.793. The van der Waals surface area contributed by atoms with Crippen LogP contribution in [0, 0.1) is 0 Å². The normalized spacial score (nSPS) is 20.6. The SMILES string of the molecule is C=CCO[C@@H]1[C@H](O[Si](C)(C)C(C)(C)C)[C@@H](CO)O[C@H]1n1ccc(=O)n(C(c2ccc(OC)cc2)c2ccc(OC)cc2)c1=O. The van der Waals surface area contributed by atoms with Crippen LogP contribution < -0.4 is 20.7 Å². The number of hydrogen-bond acceptors (Lipinski definition) is 8. The van der Waals surface area contributed by atoms with Crippen LogP contribution in [-0.4, -0.2) is 68.3 Å². The van der Waals surface area contributed by atoms with Crippen LogP contribution in [0.25, 0.3) is 0 Å². The maximum absolute atomic E-state index is 14.4. The first-order valence-corrected chi connectivity index (χ1v) is 17.6. The van der Waals surface area contributed by atoms with Gasteiger partial charge in [0.05, 0.1) is 33.5 Å². The lowest BCUT2D eigenvalue weighted by Gasteiger charge is -2.40. The number of aliphatic hydroxyl groups is 1. The molecule has 0 saturated carbocycles. The molecule has 0 spiro atoms. The lowest BCUT2D eigenvalue weighted by Crippen LogP contribution is -2.51. The highest BCUT2D eigenvalue weighted by molar-refractivity contribution is 6.74. The average molecular weight is 625 g/mol. The molecule has 1 aliphatic heterocycles. The van der Waals surface area contributed by atoms with Gasteiger partial charge in [-0.1, -0.05) is 51.1 Å². The summed E-state index contributed by atoms with van der Waals surface area (Å²) in [5.74, 6) is 1.29. The van der Waals surface area contributed by atoms with Gasteiger partial charge in [0.1, 0.15) is 29.8 Å². The molecule has 10 nitrogen and oxygen atoms in total. The van der Waals surface area contributed by atoms with E-state index < -0.39 is 50.1 Å². The molecule has 1 N–H and O–H groups in total. The van der Waals surface area contributed by atoms with E-state index in [1.165, 1.54) is 21.4 Å². The molecule has 0 radical (unpaired) electrons. The second-order valence-electron chi connectivity index (χ2n) is 12.3. The Morgan fingerprint density at radius 1 is 0.955 bits per heavy atom. The van der Waals surface area contributed by atoms with E-state index in [9.17, 15) is 14.7 Å². The molecular formula is C33H44N2O8Si. The molecular weight excluding hydrogens is 580 g/mol. The Labute approximate surface area is 259 Å². The quantitative estimate of drug-likeness (QED) is 0.232. The van der Waals surface area contributed by atoms with Crippen LogP contribution in [0.15, 0.2) is 83.0 Å². The van der Waals surface area contributed by atoms with E-state index >= 15 is 0 Å². The Balaban J connectivity index is 1.86. The van der Waals surface area contributed by atoms with Crippen LogP contribution in [0.1, 0.15) is 44.2 Å². The lowest BCUT2D eigenvalue weighted by atomic mass is 9.98. The molecule has 2 heterocycles. The van der Waals surface area contributed by atoms with Crippen LogP contribution in [0.2, 0.25) is 18.1 Å². The number of benzene rings is 2. The molecule has 1 fully saturated rings. The van der Waals surface area contributed by atoms with Crippen molar-refractivity contribution in [3.8, 4) is 11.5 Å². The van der Waals surface area contributed by atoms with Crippen LogP contribution in [0.5, 0.6) is 11.5 Å². The van der Waals surface area contributed by atoms with Gasteiger partial charge in [-0.2, -0.15) is 0 Å². The molecule has 11 heteroatoms. The fourth-order valence-electron chi connectivity index (χ4n) is 5.10. The summed E-state index contributed by atoms with van der Waals surface area (Å²) in [6, 6.07) is 15.0. The summed E-state index contributed by atoms with van der Waals surface area (Å²) in [6.45, 7) is 14.2. The molecule has 1 saturated heterocycles. The third-order valence-corrected chi connectivity index (χ3v) is 13.0. The molecule has 0 amide bonds. The van der Waals surface area contributed by atoms with Crippen molar-refractivity contribution >= 4 is 8.32 Å². The van der Waals surface area contributed by atoms with Crippen molar-refractivity contribution in [1.82, 2.24) is 9.13 Å². The molecule has 0 bridgehead atoms. The highest BCUT2D eigenvalue weighted by Gasteiger charge is 2.51. The second kappa shape index (κ2) is 13.7. The fourth-order valence-corrected chi connectivity index (χ4v) is 6.42. The minimum absolute atomic E-state index is 0.123. The van der Waals surface area contributed by atoms with Crippen LogP contribution in [0.4, 0.5) is 0 Å². The molecule has 44 heavy (non-hydrogen) atoms. The van der Waals surface area contributed by atoms with Gasteiger partial charge in [0.25, 0.3) is 5.56 Å². The lowest BCUT2D eigenvalue weighted by molar-refractivity contribution is -0.0691. The Kier molecular flexibility index (Phi) is 10.4. The largest absolute Gasteiger partial charge is 0.497 e. The van der Waals surface area contributed by atoms with Gasteiger partial charge in [-0.25, -0.2) is 9.36 Å². The number of aliphatic hydroxyl groups excluding tert-OH is 1. The molecule has 1 aromatic heterocycles. The maximum Gasteiger partial charge on any atom is 0.334 e. The Morgan fingerprint density at radius 2 is 1.50 bits per heavy atom. The summed E-state index contributed by atoms with van der Waals surface area (Å²) in [4.78, 5) is 27.9. The highest BCUT2D eigenvalue weighted by atomic mass is 28.4. The number of ether oxygens (including phenoxy) is 4. The minimum atomic E-state index is -2.35. The van der Waals surface area contributed by atoms with Crippen LogP contribution >= 0.6 is 0 Å². The van der Waals surface area contributed by atoms with E-state index in [2.05, 4.69) is 40.4 Å². The first-order valence-electron chi connectivity index (χ1n) is 14.6. The topological polar surface area (TPSA) is 110 Å². The Bertz CT molecular complexity index is 1480. The standard InChI is InChI=1S/C33H44N2O8Si/c1-9-20-41-30-29(43-44(7,8)33(2,3)4)26(21-36)42-31(30)34-19-18-27(37)35(32(34)38)28(22-10-14-24(39-5)15-11-22)23-12-16-25(40-6)17-13-23/h9-19,26,28-31,36H,1,20-21H2,2-8H3/t26-,29-,30-,31-/m1/s1. The third kappa shape index (κ3) is 6.77. The number of aromatic nitrogens is 2. The zero-order valence-electron chi connectivity index (χ0n) is 26.6. The van der Waals surface area contributed by atoms with Gasteiger partial charge in [0.15, 0.2) is 14.5 Å². The number of rotatable bonds is 12. The minimum Gasteiger partial charge on any atom is -0.497 e. The summed E-state index contributed by atoms with van der Waals surface area (Å²) in [5.41, 5.74) is 0.312. The zero-order chi connectivity index (χ0) is 32.2. The van der Waals surface area contributed by atoms with E-state index in [-0.39, 0.29) is 18.3 Å². The third-order valence-electron chi connectivity index (χ3n) is 8.55. The molecule has 4 atom stereocenters. The molecule has 0 unspecified atom stereocenters. The fraction of sp³-hybridized carbons (Fsp3) is 0.455. The van der Waals surface area contributed by atoms with E-state index in [0.717, 1.165) is 0 Å². The Morgan fingerprint density at radius 3 is 1.95 bits per heavy atom. The number of hydrogen-bond donors (Lipinski definition) is 1. The number of methoxy groups -OCH3 is 2. The van der Waals surface area contributed by atoms with Crippen molar-refractivity contribution in [2.75, 3.05) is 27.4 Å². The first kappa shape index (κ1) is 33.4. The molecule has 2 aromatic carbocycles. The van der Waals surface area contributed by atoms with Gasteiger partial charge >= 0.3 is 5.69 Å². The van der Waals surface area contributed by atoms with Gasteiger partial charge in [-0.05, 0) is 53.5 Å². The number of nitrogens with zero attached hydrogens (tertiary/aromatic N) is 2. The van der Waals surface area contributed by atoms with Gasteiger partial charge in [0.2, 0.25) is 0 Å². The van der Waals surface area contributed by atoms with E-state index in [1.54, 1.807) is 44.6 Å². The van der Waals surface area contributed by atoms with Gasteiger partial charge in [-0.15, -0.1) is 6.58 Å².